The molecule has 2 aliphatic rings. The molecule has 1 saturated heterocycles. The van der Waals surface area contributed by atoms with E-state index in [0.29, 0.717) is 39.1 Å². The van der Waals surface area contributed by atoms with Gasteiger partial charge in [0, 0.05) is 39.1 Å². The summed E-state index contributed by atoms with van der Waals surface area (Å²) in [5.41, 5.74) is 4.63. The summed E-state index contributed by atoms with van der Waals surface area (Å²) in [5.74, 6) is 0.0228. The first-order chi connectivity index (χ1) is 9.10. The van der Waals surface area contributed by atoms with Crippen LogP contribution in [0.4, 0.5) is 0 Å². The first kappa shape index (κ1) is 14.8. The van der Waals surface area contributed by atoms with Gasteiger partial charge in [-0.3, -0.25) is 4.79 Å². The van der Waals surface area contributed by atoms with Gasteiger partial charge in [0.2, 0.25) is 5.91 Å². The van der Waals surface area contributed by atoms with Crippen LogP contribution in [0.15, 0.2) is 0 Å². The van der Waals surface area contributed by atoms with Gasteiger partial charge < -0.3 is 20.9 Å². The molecule has 1 heterocycles. The van der Waals surface area contributed by atoms with Crippen LogP contribution in [0, 0.1) is 5.41 Å². The monoisotopic (exact) mass is 270 g/mol. The van der Waals surface area contributed by atoms with Crippen molar-refractivity contribution in [2.75, 3.05) is 26.3 Å². The molecule has 2 fully saturated rings. The van der Waals surface area contributed by atoms with E-state index in [9.17, 15) is 9.90 Å². The summed E-state index contributed by atoms with van der Waals surface area (Å²) in [6.45, 7) is 1.85. The largest absolute Gasteiger partial charge is 0.388 e. The molecule has 0 aromatic carbocycles. The van der Waals surface area contributed by atoms with E-state index in [0.717, 1.165) is 25.7 Å². The van der Waals surface area contributed by atoms with E-state index < -0.39 is 11.0 Å². The number of hydrogen-bond donors (Lipinski definition) is 3. The molecule has 0 bridgehead atoms. The van der Waals surface area contributed by atoms with E-state index in [1.165, 1.54) is 6.42 Å². The normalized spacial score (nSPS) is 25.8. The number of aliphatic hydroxyl groups is 1. The van der Waals surface area contributed by atoms with E-state index in [-0.39, 0.29) is 5.91 Å². The van der Waals surface area contributed by atoms with Crippen molar-refractivity contribution in [2.24, 2.45) is 11.1 Å². The molecular formula is C14H26N2O3. The zero-order valence-electron chi connectivity index (χ0n) is 11.6. The minimum atomic E-state index is -0.807. The van der Waals surface area contributed by atoms with Crippen molar-refractivity contribution in [2.45, 2.75) is 50.5 Å². The minimum absolute atomic E-state index is 0.0228. The molecular weight excluding hydrogens is 244 g/mol. The fraction of sp³-hybridized carbons (Fsp3) is 0.929. The lowest BCUT2D eigenvalue weighted by atomic mass is 9.73. The molecule has 2 rings (SSSR count). The van der Waals surface area contributed by atoms with E-state index >= 15 is 0 Å². The third-order valence-electron chi connectivity index (χ3n) is 4.68. The molecule has 1 aliphatic carbocycles. The second-order valence-corrected chi connectivity index (χ2v) is 6.06. The van der Waals surface area contributed by atoms with Gasteiger partial charge in [0.1, 0.15) is 0 Å². The highest BCUT2D eigenvalue weighted by Crippen LogP contribution is 2.35. The Morgan fingerprint density at radius 1 is 1.16 bits per heavy atom. The van der Waals surface area contributed by atoms with Gasteiger partial charge in [0.05, 0.1) is 11.0 Å². The van der Waals surface area contributed by atoms with E-state index in [4.69, 9.17) is 10.5 Å². The Labute approximate surface area is 114 Å². The van der Waals surface area contributed by atoms with Crippen LogP contribution in [-0.4, -0.2) is 42.9 Å². The van der Waals surface area contributed by atoms with Gasteiger partial charge in [-0.05, 0) is 12.8 Å². The number of rotatable bonds is 4. The van der Waals surface area contributed by atoms with Crippen LogP contribution in [-0.2, 0) is 9.53 Å². The van der Waals surface area contributed by atoms with Gasteiger partial charge in [-0.25, -0.2) is 0 Å². The average Bonchev–Trinajstić information content (AvgIpc) is 2.46. The molecule has 0 unspecified atom stereocenters. The van der Waals surface area contributed by atoms with Gasteiger partial charge in [-0.15, -0.1) is 0 Å². The lowest BCUT2D eigenvalue weighted by Crippen LogP contribution is -2.52. The molecule has 1 saturated carbocycles. The molecule has 0 radical (unpaired) electrons. The Balaban J connectivity index is 1.88. The van der Waals surface area contributed by atoms with Crippen molar-refractivity contribution in [1.82, 2.24) is 5.32 Å². The molecule has 0 atom stereocenters. The van der Waals surface area contributed by atoms with Crippen molar-refractivity contribution in [3.05, 3.63) is 0 Å². The molecule has 0 spiro atoms. The standard InChI is InChI=1S/C14H26N2O3/c15-10-13(4-2-1-3-5-13)12(17)16-11-14(18)6-8-19-9-7-14/h18H,1-11,15H2,(H,16,17). The highest BCUT2D eigenvalue weighted by Gasteiger charge is 2.39. The minimum Gasteiger partial charge on any atom is -0.388 e. The molecule has 1 amide bonds. The third-order valence-corrected chi connectivity index (χ3v) is 4.68. The van der Waals surface area contributed by atoms with Gasteiger partial charge in [-0.2, -0.15) is 0 Å². The Morgan fingerprint density at radius 2 is 1.79 bits per heavy atom. The van der Waals surface area contributed by atoms with Gasteiger partial charge in [0.25, 0.3) is 0 Å². The number of carbonyl (C=O) groups is 1. The molecule has 0 aromatic heterocycles. The first-order valence-electron chi connectivity index (χ1n) is 7.39. The zero-order chi connectivity index (χ0) is 13.8. The summed E-state index contributed by atoms with van der Waals surface area (Å²) >= 11 is 0. The highest BCUT2D eigenvalue weighted by atomic mass is 16.5. The molecule has 5 nitrogen and oxygen atoms in total. The number of nitrogens with two attached hydrogens (primary N) is 1. The predicted octanol–water partition coefficient (Wildman–Crippen LogP) is 0.553. The Hall–Kier alpha value is -0.650. The van der Waals surface area contributed by atoms with E-state index in [1.54, 1.807) is 0 Å². The SMILES string of the molecule is NCC1(C(=O)NCC2(O)CCOCC2)CCCCC1. The van der Waals surface area contributed by atoms with E-state index in [1.807, 2.05) is 0 Å². The summed E-state index contributed by atoms with van der Waals surface area (Å²) in [5, 5.41) is 13.3. The molecule has 0 aromatic rings. The zero-order valence-corrected chi connectivity index (χ0v) is 11.6. The Kier molecular flexibility index (Phi) is 4.81. The third kappa shape index (κ3) is 3.46. The van der Waals surface area contributed by atoms with Crippen LogP contribution in [0.2, 0.25) is 0 Å². The van der Waals surface area contributed by atoms with Crippen molar-refractivity contribution in [3.8, 4) is 0 Å². The average molecular weight is 270 g/mol. The molecule has 5 heteroatoms. The van der Waals surface area contributed by atoms with Crippen LogP contribution in [0.1, 0.15) is 44.9 Å². The lowest BCUT2D eigenvalue weighted by Gasteiger charge is -2.37. The second kappa shape index (κ2) is 6.20. The van der Waals surface area contributed by atoms with Crippen molar-refractivity contribution in [3.63, 3.8) is 0 Å². The molecule has 110 valence electrons. The maximum Gasteiger partial charge on any atom is 0.227 e. The maximum atomic E-state index is 12.4. The fourth-order valence-electron chi connectivity index (χ4n) is 3.11. The molecule has 1 aliphatic heterocycles. The van der Waals surface area contributed by atoms with Gasteiger partial charge >= 0.3 is 0 Å². The van der Waals surface area contributed by atoms with Crippen LogP contribution in [0.3, 0.4) is 0 Å². The number of ether oxygens (including phenoxy) is 1. The summed E-state index contributed by atoms with van der Waals surface area (Å²) in [6, 6.07) is 0. The number of nitrogens with one attached hydrogen (secondary N) is 1. The Bertz CT molecular complexity index is 308. The maximum absolute atomic E-state index is 12.4. The summed E-state index contributed by atoms with van der Waals surface area (Å²) in [6.07, 6.45) is 6.25. The lowest BCUT2D eigenvalue weighted by molar-refractivity contribution is -0.135. The smallest absolute Gasteiger partial charge is 0.227 e. The van der Waals surface area contributed by atoms with Crippen molar-refractivity contribution < 1.29 is 14.6 Å². The van der Waals surface area contributed by atoms with E-state index in [2.05, 4.69) is 5.32 Å². The first-order valence-corrected chi connectivity index (χ1v) is 7.39. The summed E-state index contributed by atoms with van der Waals surface area (Å²) in [7, 11) is 0. The quantitative estimate of drug-likeness (QED) is 0.696. The summed E-state index contributed by atoms with van der Waals surface area (Å²) < 4.78 is 5.24. The van der Waals surface area contributed by atoms with Gasteiger partial charge in [-0.1, -0.05) is 19.3 Å². The number of amides is 1. The predicted molar refractivity (Wildman–Crippen MR) is 72.6 cm³/mol. The summed E-state index contributed by atoms with van der Waals surface area (Å²) in [4.78, 5) is 12.4. The van der Waals surface area contributed by atoms with Crippen molar-refractivity contribution >= 4 is 5.91 Å². The van der Waals surface area contributed by atoms with Gasteiger partial charge in [0.15, 0.2) is 0 Å². The molecule has 19 heavy (non-hydrogen) atoms. The highest BCUT2D eigenvalue weighted by molar-refractivity contribution is 5.83. The van der Waals surface area contributed by atoms with Crippen molar-refractivity contribution in [1.29, 1.82) is 0 Å². The fourth-order valence-corrected chi connectivity index (χ4v) is 3.11. The van der Waals surface area contributed by atoms with Crippen LogP contribution < -0.4 is 11.1 Å². The Morgan fingerprint density at radius 3 is 2.37 bits per heavy atom. The second-order valence-electron chi connectivity index (χ2n) is 6.06. The molecule has 4 N–H and O–H groups in total. The number of carbonyl (C=O) groups excluding carboxylic acids is 1. The van der Waals surface area contributed by atoms with Crippen LogP contribution >= 0.6 is 0 Å². The van der Waals surface area contributed by atoms with Crippen LogP contribution in [0.5, 0.6) is 0 Å². The topological polar surface area (TPSA) is 84.6 Å². The van der Waals surface area contributed by atoms with Crippen LogP contribution in [0.25, 0.3) is 0 Å². The number of hydrogen-bond acceptors (Lipinski definition) is 4.